The maximum atomic E-state index is 11.4. The van der Waals surface area contributed by atoms with E-state index in [1.165, 1.54) is 25.3 Å². The summed E-state index contributed by atoms with van der Waals surface area (Å²) in [5, 5.41) is 22.2. The molecule has 0 amide bonds. The minimum atomic E-state index is -0.367. The molecule has 1 aromatic carbocycles. The fourth-order valence-electron chi connectivity index (χ4n) is 4.53. The number of aromatic hydroxyl groups is 1. The molecule has 26 heavy (non-hydrogen) atoms. The van der Waals surface area contributed by atoms with Crippen molar-refractivity contribution in [1.29, 1.82) is 0 Å². The van der Waals surface area contributed by atoms with E-state index in [2.05, 4.69) is 13.8 Å². The number of nitrogens with zero attached hydrogens (tertiary/aromatic N) is 2. The van der Waals surface area contributed by atoms with Crippen molar-refractivity contribution in [2.24, 2.45) is 16.8 Å². The van der Waals surface area contributed by atoms with Gasteiger partial charge in [0.15, 0.2) is 0 Å². The fraction of sp³-hybridized carbons (Fsp3) is 0.667. The zero-order valence-electron chi connectivity index (χ0n) is 15.9. The summed E-state index contributed by atoms with van der Waals surface area (Å²) >= 11 is 0. The highest BCUT2D eigenvalue weighted by atomic mass is 16.6. The van der Waals surface area contributed by atoms with Gasteiger partial charge < -0.3 is 5.11 Å². The third-order valence-electron chi connectivity index (χ3n) is 6.48. The van der Waals surface area contributed by atoms with E-state index in [0.717, 1.165) is 37.7 Å². The molecular formula is C21H30N2O3. The van der Waals surface area contributed by atoms with Gasteiger partial charge in [0.25, 0.3) is 5.69 Å². The molecule has 5 nitrogen and oxygen atoms in total. The topological polar surface area (TPSA) is 75.7 Å². The van der Waals surface area contributed by atoms with Crippen LogP contribution in [-0.2, 0) is 0 Å². The Morgan fingerprint density at radius 2 is 1.85 bits per heavy atom. The smallest absolute Gasteiger partial charge is 0.270 e. The van der Waals surface area contributed by atoms with Gasteiger partial charge in [-0.1, -0.05) is 46.0 Å². The summed E-state index contributed by atoms with van der Waals surface area (Å²) in [6.45, 7) is 4.49. The molecular weight excluding hydrogens is 328 g/mol. The van der Waals surface area contributed by atoms with Crippen LogP contribution in [0.4, 0.5) is 5.69 Å². The Kier molecular flexibility index (Phi) is 5.94. The number of nitro groups is 1. The lowest BCUT2D eigenvalue weighted by molar-refractivity contribution is -0.385. The van der Waals surface area contributed by atoms with Crippen molar-refractivity contribution in [3.05, 3.63) is 33.4 Å². The first-order valence-electron chi connectivity index (χ1n) is 10.0. The van der Waals surface area contributed by atoms with Gasteiger partial charge in [0, 0.05) is 29.5 Å². The summed E-state index contributed by atoms with van der Waals surface area (Å²) < 4.78 is 0. The Balaban J connectivity index is 1.91. The highest BCUT2D eigenvalue weighted by Crippen LogP contribution is 2.40. The summed E-state index contributed by atoms with van der Waals surface area (Å²) in [6, 6.07) is 3.26. The Labute approximate surface area is 155 Å². The monoisotopic (exact) mass is 358 g/mol. The van der Waals surface area contributed by atoms with Crippen molar-refractivity contribution in [2.45, 2.75) is 77.2 Å². The number of hydrogen-bond donors (Lipinski definition) is 1. The molecule has 2 aliphatic rings. The number of non-ortho nitro benzene ring substituents is 1. The summed E-state index contributed by atoms with van der Waals surface area (Å²) in [6.07, 6.45) is 10.6. The summed E-state index contributed by atoms with van der Waals surface area (Å²) in [4.78, 5) is 15.7. The van der Waals surface area contributed by atoms with Gasteiger partial charge in [-0.2, -0.15) is 0 Å². The minimum Gasteiger partial charge on any atom is -0.507 e. The lowest BCUT2D eigenvalue weighted by atomic mass is 9.78. The third kappa shape index (κ3) is 4.08. The molecule has 5 heteroatoms. The first-order chi connectivity index (χ1) is 12.5. The zero-order chi connectivity index (χ0) is 18.7. The quantitative estimate of drug-likeness (QED) is 0.433. The van der Waals surface area contributed by atoms with Gasteiger partial charge in [0.05, 0.1) is 11.0 Å². The number of hydrogen-bond acceptors (Lipinski definition) is 4. The van der Waals surface area contributed by atoms with Crippen LogP contribution in [0.5, 0.6) is 5.75 Å². The lowest BCUT2D eigenvalue weighted by Gasteiger charge is -2.31. The first kappa shape index (κ1) is 18.9. The number of nitro benzene ring substituents is 1. The fourth-order valence-corrected chi connectivity index (χ4v) is 4.53. The number of phenols is 1. The van der Waals surface area contributed by atoms with Crippen LogP contribution in [0, 0.1) is 22.0 Å². The number of rotatable bonds is 4. The van der Waals surface area contributed by atoms with Crippen LogP contribution in [0.2, 0.25) is 0 Å². The Morgan fingerprint density at radius 3 is 2.54 bits per heavy atom. The molecule has 3 atom stereocenters. The predicted octanol–water partition coefficient (Wildman–Crippen LogP) is 5.59. The molecule has 142 valence electrons. The van der Waals surface area contributed by atoms with Crippen molar-refractivity contribution >= 4 is 11.9 Å². The predicted molar refractivity (Wildman–Crippen MR) is 104 cm³/mol. The van der Waals surface area contributed by atoms with E-state index < -0.39 is 0 Å². The van der Waals surface area contributed by atoms with Crippen LogP contribution in [-0.4, -0.2) is 22.3 Å². The van der Waals surface area contributed by atoms with Crippen LogP contribution in [0.1, 0.15) is 82.3 Å². The minimum absolute atomic E-state index is 0.0508. The van der Waals surface area contributed by atoms with Gasteiger partial charge >= 0.3 is 0 Å². The van der Waals surface area contributed by atoms with Gasteiger partial charge in [0.1, 0.15) is 5.75 Å². The van der Waals surface area contributed by atoms with Gasteiger partial charge in [0.2, 0.25) is 0 Å². The number of aliphatic imine (C=N–C) groups is 1. The zero-order valence-corrected chi connectivity index (χ0v) is 15.9. The molecule has 0 spiro atoms. The largest absolute Gasteiger partial charge is 0.507 e. The summed E-state index contributed by atoms with van der Waals surface area (Å²) in [5.41, 5.74) is 1.27. The SMILES string of the molecule is CC1CCCC(N=Cc2cc([N+](=O)[O-])cc(C3CCCCC3)c2O)C1C. The number of benzene rings is 1. The van der Waals surface area contributed by atoms with Gasteiger partial charge in [-0.3, -0.25) is 15.1 Å². The molecule has 0 heterocycles. The first-order valence-corrected chi connectivity index (χ1v) is 10.0. The Hall–Kier alpha value is -1.91. The third-order valence-corrected chi connectivity index (χ3v) is 6.48. The Morgan fingerprint density at radius 1 is 1.12 bits per heavy atom. The van der Waals surface area contributed by atoms with Crippen molar-refractivity contribution in [2.75, 3.05) is 0 Å². The van der Waals surface area contributed by atoms with Crippen molar-refractivity contribution in [3.63, 3.8) is 0 Å². The molecule has 2 aliphatic carbocycles. The molecule has 2 saturated carbocycles. The van der Waals surface area contributed by atoms with Gasteiger partial charge in [-0.25, -0.2) is 0 Å². The summed E-state index contributed by atoms with van der Waals surface area (Å²) in [7, 11) is 0. The molecule has 2 fully saturated rings. The van der Waals surface area contributed by atoms with E-state index in [-0.39, 0.29) is 28.3 Å². The highest BCUT2D eigenvalue weighted by molar-refractivity contribution is 5.85. The Bertz CT molecular complexity index is 680. The second kappa shape index (κ2) is 8.19. The van der Waals surface area contributed by atoms with Crippen LogP contribution in [0.15, 0.2) is 17.1 Å². The maximum absolute atomic E-state index is 11.4. The second-order valence-electron chi connectivity index (χ2n) is 8.18. The molecule has 1 N–H and O–H groups in total. The van der Waals surface area contributed by atoms with Gasteiger partial charge in [-0.15, -0.1) is 0 Å². The molecule has 3 rings (SSSR count). The molecule has 0 saturated heterocycles. The van der Waals surface area contributed by atoms with E-state index in [9.17, 15) is 15.2 Å². The van der Waals surface area contributed by atoms with E-state index in [4.69, 9.17) is 4.99 Å². The van der Waals surface area contributed by atoms with Crippen LogP contribution < -0.4 is 0 Å². The van der Waals surface area contributed by atoms with E-state index in [1.807, 2.05) is 0 Å². The van der Waals surface area contributed by atoms with Crippen molar-refractivity contribution in [1.82, 2.24) is 0 Å². The molecule has 0 aliphatic heterocycles. The lowest BCUT2D eigenvalue weighted by Crippen LogP contribution is -2.27. The average Bonchev–Trinajstić information content (AvgIpc) is 2.64. The molecule has 1 aromatic rings. The van der Waals surface area contributed by atoms with E-state index in [0.29, 0.717) is 17.4 Å². The highest BCUT2D eigenvalue weighted by Gasteiger charge is 2.27. The molecule has 0 bridgehead atoms. The van der Waals surface area contributed by atoms with Crippen molar-refractivity contribution in [3.8, 4) is 5.75 Å². The van der Waals surface area contributed by atoms with Gasteiger partial charge in [-0.05, 0) is 37.0 Å². The van der Waals surface area contributed by atoms with Crippen LogP contribution in [0.3, 0.4) is 0 Å². The van der Waals surface area contributed by atoms with Crippen LogP contribution in [0.25, 0.3) is 0 Å². The second-order valence-corrected chi connectivity index (χ2v) is 8.18. The maximum Gasteiger partial charge on any atom is 0.270 e. The number of phenolic OH excluding ortho intramolecular Hbond substituents is 1. The van der Waals surface area contributed by atoms with E-state index >= 15 is 0 Å². The molecule has 0 radical (unpaired) electrons. The normalized spacial score (nSPS) is 27.7. The van der Waals surface area contributed by atoms with E-state index in [1.54, 1.807) is 12.3 Å². The standard InChI is InChI=1S/C21H30N2O3/c1-14-7-6-10-20(15(14)2)22-13-17-11-18(23(25)26)12-19(21(17)24)16-8-4-3-5-9-16/h11-16,20,24H,3-10H2,1-2H3. The van der Waals surface area contributed by atoms with Crippen molar-refractivity contribution < 1.29 is 10.0 Å². The van der Waals surface area contributed by atoms with Crippen LogP contribution >= 0.6 is 0 Å². The summed E-state index contributed by atoms with van der Waals surface area (Å²) in [5.74, 6) is 1.54. The molecule has 0 aromatic heterocycles. The molecule has 3 unspecified atom stereocenters. The average molecular weight is 358 g/mol.